The zero-order valence-electron chi connectivity index (χ0n) is 20.7. The lowest BCUT2D eigenvalue weighted by Gasteiger charge is -2.26. The summed E-state index contributed by atoms with van der Waals surface area (Å²) in [5.41, 5.74) is 2.23. The van der Waals surface area contributed by atoms with Crippen LogP contribution >= 0.6 is 0 Å². The Kier molecular flexibility index (Phi) is 7.73. The number of aromatic nitrogens is 1. The van der Waals surface area contributed by atoms with Crippen molar-refractivity contribution in [2.75, 3.05) is 11.9 Å². The maximum Gasteiger partial charge on any atom is 0.407 e. The van der Waals surface area contributed by atoms with Crippen molar-refractivity contribution in [1.29, 1.82) is 0 Å². The number of fused-ring (bicyclic) bond motifs is 1. The Morgan fingerprint density at radius 3 is 2.61 bits per heavy atom. The highest BCUT2D eigenvalue weighted by Gasteiger charge is 2.22. The fraction of sp³-hybridized carbons (Fsp3) is 0.321. The van der Waals surface area contributed by atoms with Gasteiger partial charge in [-0.2, -0.15) is 0 Å². The summed E-state index contributed by atoms with van der Waals surface area (Å²) in [5.74, 6) is 1.71. The van der Waals surface area contributed by atoms with Gasteiger partial charge in [0.1, 0.15) is 23.2 Å². The predicted molar refractivity (Wildman–Crippen MR) is 136 cm³/mol. The molecule has 1 aliphatic heterocycles. The number of benzene rings is 2. The minimum atomic E-state index is -0.583. The van der Waals surface area contributed by atoms with Crippen LogP contribution in [0.3, 0.4) is 0 Å². The van der Waals surface area contributed by atoms with Crippen molar-refractivity contribution in [2.24, 2.45) is 0 Å². The summed E-state index contributed by atoms with van der Waals surface area (Å²) in [7, 11) is 0. The molecule has 0 radical (unpaired) electrons. The second-order valence-corrected chi connectivity index (χ2v) is 9.54. The summed E-state index contributed by atoms with van der Waals surface area (Å²) in [6.45, 7) is 5.51. The average Bonchev–Trinajstić information content (AvgIpc) is 2.84. The van der Waals surface area contributed by atoms with Gasteiger partial charge in [0.25, 0.3) is 0 Å². The summed E-state index contributed by atoms with van der Waals surface area (Å²) < 4.78 is 17.2. The van der Waals surface area contributed by atoms with E-state index in [-0.39, 0.29) is 25.0 Å². The van der Waals surface area contributed by atoms with Gasteiger partial charge < -0.3 is 24.8 Å². The Balaban J connectivity index is 1.26. The third-order valence-corrected chi connectivity index (χ3v) is 5.41. The number of aryl methyl sites for hydroxylation is 1. The molecule has 0 aliphatic carbocycles. The molecule has 0 saturated heterocycles. The number of hydrogen-bond donors (Lipinski definition) is 2. The molecule has 2 aromatic carbocycles. The van der Waals surface area contributed by atoms with E-state index in [1.54, 1.807) is 32.9 Å². The highest BCUT2D eigenvalue weighted by Crippen LogP contribution is 2.37. The van der Waals surface area contributed by atoms with E-state index in [1.807, 2.05) is 36.4 Å². The molecule has 8 nitrogen and oxygen atoms in total. The maximum atomic E-state index is 12.1. The Morgan fingerprint density at radius 1 is 1.08 bits per heavy atom. The second kappa shape index (κ2) is 11.1. The maximum absolute atomic E-state index is 12.1. The Labute approximate surface area is 211 Å². The first-order valence-electron chi connectivity index (χ1n) is 12.0. The van der Waals surface area contributed by atoms with Crippen LogP contribution in [0, 0.1) is 0 Å². The number of pyridine rings is 1. The topological polar surface area (TPSA) is 98.8 Å². The normalized spacial score (nSPS) is 14.7. The molecule has 3 aromatic rings. The minimum Gasteiger partial charge on any atom is -0.485 e. The van der Waals surface area contributed by atoms with Crippen LogP contribution in [0.2, 0.25) is 0 Å². The molecule has 0 fully saturated rings. The van der Waals surface area contributed by atoms with E-state index in [0.29, 0.717) is 17.3 Å². The van der Waals surface area contributed by atoms with Crippen molar-refractivity contribution < 1.29 is 23.8 Å². The van der Waals surface area contributed by atoms with Crippen molar-refractivity contribution >= 4 is 17.7 Å². The second-order valence-electron chi connectivity index (χ2n) is 9.54. The van der Waals surface area contributed by atoms with Crippen molar-refractivity contribution in [3.05, 3.63) is 78.0 Å². The van der Waals surface area contributed by atoms with Gasteiger partial charge in [-0.3, -0.25) is 4.79 Å². The van der Waals surface area contributed by atoms with Crippen LogP contribution in [-0.4, -0.2) is 29.1 Å². The van der Waals surface area contributed by atoms with E-state index in [2.05, 4.69) is 27.8 Å². The zero-order chi connectivity index (χ0) is 25.5. The molecule has 2 heterocycles. The third kappa shape index (κ3) is 7.21. The lowest BCUT2D eigenvalue weighted by molar-refractivity contribution is -0.116. The standard InChI is InChI=1S/C28H31N3O5/c1-28(2,3)36-27(33)29-16-15-25(32)31-21-10-14-26(30-18-21)34-22-11-13-24-20(17-22)9-12-23(35-24)19-7-5-4-6-8-19/h4-8,10-11,13-14,17-18,23H,9,12,15-16H2,1-3H3,(H,29,33)(H,31,32)/t23-/m1/s1. The average molecular weight is 490 g/mol. The van der Waals surface area contributed by atoms with E-state index >= 15 is 0 Å². The molecule has 1 aromatic heterocycles. The molecule has 36 heavy (non-hydrogen) atoms. The number of alkyl carbamates (subject to hydrolysis) is 1. The number of anilines is 1. The monoisotopic (exact) mass is 489 g/mol. The van der Waals surface area contributed by atoms with Gasteiger partial charge in [-0.25, -0.2) is 9.78 Å². The summed E-state index contributed by atoms with van der Waals surface area (Å²) in [6, 6.07) is 19.4. The number of ether oxygens (including phenoxy) is 3. The largest absolute Gasteiger partial charge is 0.485 e. The van der Waals surface area contributed by atoms with E-state index in [1.165, 1.54) is 11.8 Å². The molecule has 2 amide bonds. The van der Waals surface area contributed by atoms with Crippen LogP contribution in [0.25, 0.3) is 0 Å². The molecular weight excluding hydrogens is 458 g/mol. The smallest absolute Gasteiger partial charge is 0.407 e. The molecule has 1 aliphatic rings. The Morgan fingerprint density at radius 2 is 1.89 bits per heavy atom. The lowest BCUT2D eigenvalue weighted by atomic mass is 9.97. The number of hydrogen-bond acceptors (Lipinski definition) is 6. The first-order valence-corrected chi connectivity index (χ1v) is 12.0. The lowest BCUT2D eigenvalue weighted by Crippen LogP contribution is -2.34. The van der Waals surface area contributed by atoms with Crippen molar-refractivity contribution in [3.63, 3.8) is 0 Å². The summed E-state index contributed by atoms with van der Waals surface area (Å²) in [4.78, 5) is 28.1. The van der Waals surface area contributed by atoms with Crippen molar-refractivity contribution in [2.45, 2.75) is 51.7 Å². The highest BCUT2D eigenvalue weighted by molar-refractivity contribution is 5.90. The van der Waals surface area contributed by atoms with Crippen LogP contribution in [-0.2, 0) is 16.0 Å². The first-order chi connectivity index (χ1) is 17.2. The highest BCUT2D eigenvalue weighted by atomic mass is 16.6. The van der Waals surface area contributed by atoms with Gasteiger partial charge in [0.2, 0.25) is 11.8 Å². The number of amides is 2. The number of rotatable bonds is 7. The third-order valence-electron chi connectivity index (χ3n) is 5.41. The van der Waals surface area contributed by atoms with Crippen LogP contribution in [0.1, 0.15) is 50.8 Å². The Bertz CT molecular complexity index is 1190. The molecule has 8 heteroatoms. The van der Waals surface area contributed by atoms with Gasteiger partial charge in [-0.1, -0.05) is 30.3 Å². The molecule has 0 spiro atoms. The van der Waals surface area contributed by atoms with Gasteiger partial charge in [-0.15, -0.1) is 0 Å². The van der Waals surface area contributed by atoms with E-state index in [0.717, 1.165) is 24.2 Å². The van der Waals surface area contributed by atoms with E-state index in [9.17, 15) is 9.59 Å². The summed E-state index contributed by atoms with van der Waals surface area (Å²) in [5, 5.41) is 5.31. The van der Waals surface area contributed by atoms with Crippen LogP contribution in [0.5, 0.6) is 17.4 Å². The number of nitrogens with zero attached hydrogens (tertiary/aromatic N) is 1. The van der Waals surface area contributed by atoms with Gasteiger partial charge in [0.15, 0.2) is 0 Å². The van der Waals surface area contributed by atoms with Gasteiger partial charge in [0, 0.05) is 19.0 Å². The van der Waals surface area contributed by atoms with Crippen molar-refractivity contribution in [1.82, 2.24) is 10.3 Å². The molecule has 188 valence electrons. The molecular formula is C28H31N3O5. The van der Waals surface area contributed by atoms with Gasteiger partial charge in [0.05, 0.1) is 11.9 Å². The molecule has 0 unspecified atom stereocenters. The summed E-state index contributed by atoms with van der Waals surface area (Å²) in [6.07, 6.45) is 2.94. The predicted octanol–water partition coefficient (Wildman–Crippen LogP) is 5.79. The number of carbonyl (C=O) groups excluding carboxylic acids is 2. The zero-order valence-corrected chi connectivity index (χ0v) is 20.7. The fourth-order valence-electron chi connectivity index (χ4n) is 3.78. The molecule has 2 N–H and O–H groups in total. The van der Waals surface area contributed by atoms with E-state index < -0.39 is 11.7 Å². The first kappa shape index (κ1) is 25.0. The van der Waals surface area contributed by atoms with Crippen LogP contribution < -0.4 is 20.1 Å². The van der Waals surface area contributed by atoms with Gasteiger partial charge in [-0.05, 0) is 69.0 Å². The minimum absolute atomic E-state index is 0.0583. The number of carbonyl (C=O) groups is 2. The quantitative estimate of drug-likeness (QED) is 0.436. The molecule has 0 saturated carbocycles. The van der Waals surface area contributed by atoms with Gasteiger partial charge >= 0.3 is 6.09 Å². The van der Waals surface area contributed by atoms with Crippen molar-refractivity contribution in [3.8, 4) is 17.4 Å². The molecule has 0 bridgehead atoms. The van der Waals surface area contributed by atoms with Crippen LogP contribution in [0.15, 0.2) is 66.9 Å². The fourth-order valence-corrected chi connectivity index (χ4v) is 3.78. The number of nitrogens with one attached hydrogen (secondary N) is 2. The van der Waals surface area contributed by atoms with Crippen LogP contribution in [0.4, 0.5) is 10.5 Å². The molecule has 1 atom stereocenters. The van der Waals surface area contributed by atoms with E-state index in [4.69, 9.17) is 14.2 Å². The summed E-state index contributed by atoms with van der Waals surface area (Å²) >= 11 is 0. The Hall–Kier alpha value is -4.07. The molecule has 4 rings (SSSR count). The SMILES string of the molecule is CC(C)(C)OC(=O)NCCC(=O)Nc1ccc(Oc2ccc3c(c2)CC[C@H](c2ccccc2)O3)nc1.